The van der Waals surface area contributed by atoms with Crippen molar-refractivity contribution in [3.8, 4) is 11.8 Å². The van der Waals surface area contributed by atoms with Gasteiger partial charge in [0.15, 0.2) is 0 Å². The van der Waals surface area contributed by atoms with Crippen molar-refractivity contribution < 1.29 is 28.7 Å². The van der Waals surface area contributed by atoms with Crippen LogP contribution in [0.4, 0.5) is 4.79 Å². The molecule has 0 bridgehead atoms. The van der Waals surface area contributed by atoms with E-state index in [0.29, 0.717) is 31.1 Å². The zero-order valence-corrected chi connectivity index (χ0v) is 25.9. The van der Waals surface area contributed by atoms with E-state index in [1.807, 2.05) is 32.9 Å². The van der Waals surface area contributed by atoms with Gasteiger partial charge in [-0.1, -0.05) is 18.8 Å². The molecule has 5 rings (SSSR count). The summed E-state index contributed by atoms with van der Waals surface area (Å²) >= 11 is 0. The summed E-state index contributed by atoms with van der Waals surface area (Å²) in [6.45, 7) is 8.71. The lowest BCUT2D eigenvalue weighted by atomic mass is 9.84. The number of nitrogens with one attached hydrogen (secondary N) is 1. The number of rotatable bonds is 5. The highest BCUT2D eigenvalue weighted by molar-refractivity contribution is 6.05. The third kappa shape index (κ3) is 7.59. The van der Waals surface area contributed by atoms with Crippen LogP contribution in [0.15, 0.2) is 18.2 Å². The first-order chi connectivity index (χ1) is 20.5. The Morgan fingerprint density at radius 3 is 2.33 bits per heavy atom. The van der Waals surface area contributed by atoms with Gasteiger partial charge in [-0.05, 0) is 108 Å². The van der Waals surface area contributed by atoms with Crippen LogP contribution in [-0.4, -0.2) is 70.1 Å². The molecule has 1 saturated heterocycles. The molecule has 1 atom stereocenters. The Hall–Kier alpha value is -3.38. The van der Waals surface area contributed by atoms with Gasteiger partial charge in [-0.3, -0.25) is 19.7 Å². The monoisotopic (exact) mass is 591 g/mol. The van der Waals surface area contributed by atoms with Gasteiger partial charge in [0.2, 0.25) is 11.8 Å². The first kappa shape index (κ1) is 31.1. The molecule has 9 heteroatoms. The van der Waals surface area contributed by atoms with Gasteiger partial charge in [-0.15, -0.1) is 0 Å². The molecule has 2 aliphatic carbocycles. The van der Waals surface area contributed by atoms with E-state index in [4.69, 9.17) is 9.47 Å². The number of carbonyl (C=O) groups excluding carboxylic acids is 4. The Balaban J connectivity index is 1.12. The van der Waals surface area contributed by atoms with Crippen LogP contribution in [-0.2, 0) is 25.6 Å². The van der Waals surface area contributed by atoms with Crippen molar-refractivity contribution in [1.29, 1.82) is 0 Å². The van der Waals surface area contributed by atoms with E-state index in [-0.39, 0.29) is 42.5 Å². The van der Waals surface area contributed by atoms with E-state index in [1.165, 1.54) is 0 Å². The summed E-state index contributed by atoms with van der Waals surface area (Å²) in [7, 11) is 0. The minimum atomic E-state index is -0.627. The molecule has 232 valence electrons. The average molecular weight is 592 g/mol. The molecule has 2 saturated carbocycles. The molecule has 1 unspecified atom stereocenters. The van der Waals surface area contributed by atoms with Gasteiger partial charge >= 0.3 is 6.09 Å². The molecule has 4 aliphatic rings. The lowest BCUT2D eigenvalue weighted by Gasteiger charge is -2.43. The molecule has 2 aliphatic heterocycles. The number of benzene rings is 1. The summed E-state index contributed by atoms with van der Waals surface area (Å²) in [5.41, 5.74) is 1.69. The number of imide groups is 1. The average Bonchev–Trinajstić information content (AvgIpc) is 3.27. The summed E-state index contributed by atoms with van der Waals surface area (Å²) < 4.78 is 12.0. The van der Waals surface area contributed by atoms with Crippen LogP contribution in [0.5, 0.6) is 0 Å². The maximum atomic E-state index is 13.3. The van der Waals surface area contributed by atoms with Gasteiger partial charge in [-0.25, -0.2) is 4.79 Å². The molecular weight excluding hydrogens is 546 g/mol. The molecule has 43 heavy (non-hydrogen) atoms. The van der Waals surface area contributed by atoms with Crippen molar-refractivity contribution in [3.63, 3.8) is 0 Å². The predicted octanol–water partition coefficient (Wildman–Crippen LogP) is 4.94. The zero-order chi connectivity index (χ0) is 30.7. The van der Waals surface area contributed by atoms with Gasteiger partial charge in [-0.2, -0.15) is 0 Å². The quantitative estimate of drug-likeness (QED) is 0.384. The van der Waals surface area contributed by atoms with E-state index in [0.717, 1.165) is 62.5 Å². The zero-order valence-electron chi connectivity index (χ0n) is 25.9. The van der Waals surface area contributed by atoms with Crippen molar-refractivity contribution in [2.75, 3.05) is 6.61 Å². The van der Waals surface area contributed by atoms with Crippen molar-refractivity contribution in [3.05, 3.63) is 34.9 Å². The van der Waals surface area contributed by atoms with Crippen molar-refractivity contribution >= 4 is 23.8 Å². The van der Waals surface area contributed by atoms with Gasteiger partial charge in [0, 0.05) is 36.2 Å². The van der Waals surface area contributed by atoms with Crippen molar-refractivity contribution in [2.24, 2.45) is 5.92 Å². The van der Waals surface area contributed by atoms with Crippen molar-refractivity contribution in [2.45, 2.75) is 128 Å². The topological polar surface area (TPSA) is 105 Å². The smallest absolute Gasteiger partial charge is 0.410 e. The highest BCUT2D eigenvalue weighted by Gasteiger charge is 2.40. The Bertz CT molecular complexity index is 1290. The van der Waals surface area contributed by atoms with Crippen LogP contribution in [0.2, 0.25) is 0 Å². The summed E-state index contributed by atoms with van der Waals surface area (Å²) in [5, 5.41) is 2.33. The summed E-state index contributed by atoms with van der Waals surface area (Å²) in [6.07, 6.45) is 8.44. The first-order valence-corrected chi connectivity index (χ1v) is 15.9. The fourth-order valence-electron chi connectivity index (χ4n) is 6.87. The summed E-state index contributed by atoms with van der Waals surface area (Å²) in [4.78, 5) is 53.6. The lowest BCUT2D eigenvalue weighted by molar-refractivity contribution is -0.136. The van der Waals surface area contributed by atoms with E-state index in [2.05, 4.69) is 29.0 Å². The van der Waals surface area contributed by atoms with E-state index >= 15 is 0 Å². The lowest BCUT2D eigenvalue weighted by Crippen LogP contribution is -2.52. The maximum absolute atomic E-state index is 13.3. The highest BCUT2D eigenvalue weighted by Crippen LogP contribution is 2.34. The van der Waals surface area contributed by atoms with Gasteiger partial charge < -0.3 is 19.3 Å². The minimum Gasteiger partial charge on any atom is -0.444 e. The number of amides is 4. The van der Waals surface area contributed by atoms with Crippen molar-refractivity contribution in [1.82, 2.24) is 15.1 Å². The Kier molecular flexibility index (Phi) is 9.45. The second-order valence-electron chi connectivity index (χ2n) is 13.6. The molecule has 1 aromatic carbocycles. The Morgan fingerprint density at radius 2 is 1.67 bits per heavy atom. The SMILES string of the molecule is CC1CCC(N(C(=O)OC(C)(C)C)C2CCC(OCC#Cc3ccc4c(c3)CN(C3CCC(=O)NC3=O)C4=O)CC2)CC1. The normalized spacial score (nSPS) is 27.6. The molecule has 2 heterocycles. The maximum Gasteiger partial charge on any atom is 0.410 e. The number of ether oxygens (including phenoxy) is 2. The third-order valence-electron chi connectivity index (χ3n) is 9.17. The molecule has 1 N–H and O–H groups in total. The third-order valence-corrected chi connectivity index (χ3v) is 9.17. The van der Waals surface area contributed by atoms with Gasteiger partial charge in [0.1, 0.15) is 18.2 Å². The number of hydrogen-bond donors (Lipinski definition) is 1. The van der Waals surface area contributed by atoms with Crippen LogP contribution in [0, 0.1) is 17.8 Å². The van der Waals surface area contributed by atoms with E-state index in [1.54, 1.807) is 11.0 Å². The predicted molar refractivity (Wildman–Crippen MR) is 161 cm³/mol. The molecule has 1 aromatic rings. The Labute approximate surface area is 255 Å². The number of hydrogen-bond acceptors (Lipinski definition) is 6. The number of nitrogens with zero attached hydrogens (tertiary/aromatic N) is 2. The molecule has 0 aromatic heterocycles. The molecule has 3 fully saturated rings. The molecule has 0 radical (unpaired) electrons. The largest absolute Gasteiger partial charge is 0.444 e. The fourth-order valence-corrected chi connectivity index (χ4v) is 6.87. The van der Waals surface area contributed by atoms with Gasteiger partial charge in [0.25, 0.3) is 5.91 Å². The van der Waals surface area contributed by atoms with E-state index < -0.39 is 17.6 Å². The Morgan fingerprint density at radius 1 is 1.00 bits per heavy atom. The molecular formula is C34H45N3O6. The number of piperidine rings is 1. The first-order valence-electron chi connectivity index (χ1n) is 15.9. The fraction of sp³-hybridized carbons (Fsp3) is 0.647. The number of fused-ring (bicyclic) bond motifs is 1. The van der Waals surface area contributed by atoms with Crippen LogP contribution in [0.3, 0.4) is 0 Å². The highest BCUT2D eigenvalue weighted by atomic mass is 16.6. The molecule has 0 spiro atoms. The van der Waals surface area contributed by atoms with E-state index in [9.17, 15) is 19.2 Å². The second-order valence-corrected chi connectivity index (χ2v) is 13.6. The molecule has 4 amide bonds. The van der Waals surface area contributed by atoms with Crippen LogP contribution in [0.25, 0.3) is 0 Å². The second kappa shape index (κ2) is 13.1. The summed E-state index contributed by atoms with van der Waals surface area (Å²) in [6, 6.07) is 5.28. The van der Waals surface area contributed by atoms with Crippen LogP contribution < -0.4 is 5.32 Å². The minimum absolute atomic E-state index is 0.108. The number of carbonyl (C=O) groups is 4. The van der Waals surface area contributed by atoms with Gasteiger partial charge in [0.05, 0.1) is 6.10 Å². The van der Waals surface area contributed by atoms with Crippen LogP contribution >= 0.6 is 0 Å². The summed E-state index contributed by atoms with van der Waals surface area (Å²) in [5.74, 6) is 6.08. The van der Waals surface area contributed by atoms with Crippen LogP contribution in [0.1, 0.15) is 113 Å². The standard InChI is InChI=1S/C34H45N3O6/c1-22-7-10-25(11-8-22)37(33(41)43-34(2,3)4)26-12-14-27(15-13-26)42-19-5-6-23-9-16-28-24(20-23)21-36(32(28)40)29-17-18-30(38)35-31(29)39/h9,16,20,22,25-27,29H,7-8,10-15,17-19,21H2,1-4H3,(H,35,38,39). The molecule has 9 nitrogen and oxygen atoms in total.